The van der Waals surface area contributed by atoms with E-state index >= 15 is 0 Å². The lowest BCUT2D eigenvalue weighted by Crippen LogP contribution is -2.61. The van der Waals surface area contributed by atoms with Crippen LogP contribution in [0.5, 0.6) is 0 Å². The molecule has 5 atom stereocenters. The summed E-state index contributed by atoms with van der Waals surface area (Å²) in [6.45, 7) is 4.58. The van der Waals surface area contributed by atoms with Gasteiger partial charge in [0.2, 0.25) is 0 Å². The summed E-state index contributed by atoms with van der Waals surface area (Å²) in [7, 11) is 0. The second kappa shape index (κ2) is 16.1. The first-order valence-electron chi connectivity index (χ1n) is 14.1. The minimum Gasteiger partial charge on any atom is -0.452 e. The van der Waals surface area contributed by atoms with Crippen molar-refractivity contribution in [2.45, 2.75) is 56.5 Å². The van der Waals surface area contributed by atoms with Crippen LogP contribution in [0.1, 0.15) is 57.8 Å². The predicted octanol–water partition coefficient (Wildman–Crippen LogP) is 5.96. The summed E-state index contributed by atoms with van der Waals surface area (Å²) in [4.78, 5) is 40.0. The second-order valence-corrected chi connectivity index (χ2v) is 11.0. The number of ether oxygens (including phenoxy) is 5. The Kier molecular flexibility index (Phi) is 12.0. The van der Waals surface area contributed by atoms with E-state index in [2.05, 4.69) is 6.92 Å². The van der Waals surface area contributed by atoms with Crippen LogP contribution >= 0.6 is 11.8 Å². The van der Waals surface area contributed by atoms with E-state index in [9.17, 15) is 14.4 Å². The zero-order valence-electron chi connectivity index (χ0n) is 23.8. The standard InChI is InChI=1S/C33H36O8S/c1-3-5-21-37-22-26-27(39-30(34)23-15-9-6-10-16-23)28(40-31(35)24-17-11-7-12-18-24)29(33(38-26)42-4-2)41-32(36)25-19-13-8-14-20-25/h6-20,26-29,33H,3-5,21-22H2,1-2H3/t26?,27-,28?,29+,33+/m1/s1. The van der Waals surface area contributed by atoms with Crippen LogP contribution in [-0.2, 0) is 23.7 Å². The lowest BCUT2D eigenvalue weighted by atomic mass is 9.98. The summed E-state index contributed by atoms with van der Waals surface area (Å²) in [6.07, 6.45) is -2.40. The fourth-order valence-corrected chi connectivity index (χ4v) is 5.41. The zero-order chi connectivity index (χ0) is 29.7. The topological polar surface area (TPSA) is 97.4 Å². The molecule has 1 heterocycles. The maximum atomic E-state index is 13.4. The van der Waals surface area contributed by atoms with Crippen LogP contribution in [0.2, 0.25) is 0 Å². The van der Waals surface area contributed by atoms with E-state index in [0.717, 1.165) is 12.8 Å². The molecule has 1 saturated heterocycles. The fourth-order valence-electron chi connectivity index (χ4n) is 4.46. The van der Waals surface area contributed by atoms with Crippen molar-refractivity contribution in [1.82, 2.24) is 0 Å². The van der Waals surface area contributed by atoms with Gasteiger partial charge in [-0.05, 0) is 48.6 Å². The summed E-state index contributed by atoms with van der Waals surface area (Å²) < 4.78 is 30.4. The van der Waals surface area contributed by atoms with E-state index in [-0.39, 0.29) is 6.61 Å². The number of rotatable bonds is 13. The monoisotopic (exact) mass is 592 g/mol. The molecule has 1 aliphatic rings. The van der Waals surface area contributed by atoms with Crippen molar-refractivity contribution in [2.24, 2.45) is 0 Å². The Hall–Kier alpha value is -3.66. The minimum absolute atomic E-state index is 0.0895. The molecular weight excluding hydrogens is 556 g/mol. The molecule has 0 aromatic heterocycles. The zero-order valence-corrected chi connectivity index (χ0v) is 24.6. The first kappa shape index (κ1) is 31.3. The van der Waals surface area contributed by atoms with Gasteiger partial charge >= 0.3 is 17.9 Å². The van der Waals surface area contributed by atoms with E-state index in [1.54, 1.807) is 91.0 Å². The van der Waals surface area contributed by atoms with Crippen LogP contribution < -0.4 is 0 Å². The summed E-state index contributed by atoms with van der Waals surface area (Å²) >= 11 is 1.40. The number of unbranched alkanes of at least 4 members (excludes halogenated alkanes) is 1. The normalized spacial score (nSPS) is 21.7. The number of carbonyl (C=O) groups excluding carboxylic acids is 3. The van der Waals surface area contributed by atoms with Gasteiger partial charge in [0.05, 0.1) is 23.3 Å². The van der Waals surface area contributed by atoms with Gasteiger partial charge in [-0.25, -0.2) is 14.4 Å². The largest absolute Gasteiger partial charge is 0.452 e. The Morgan fingerprint density at radius 3 is 1.57 bits per heavy atom. The van der Waals surface area contributed by atoms with Crippen molar-refractivity contribution in [2.75, 3.05) is 19.0 Å². The molecule has 2 unspecified atom stereocenters. The average Bonchev–Trinajstić information content (AvgIpc) is 3.03. The first-order chi connectivity index (χ1) is 20.5. The Balaban J connectivity index is 1.71. The van der Waals surface area contributed by atoms with Crippen LogP contribution in [-0.4, -0.2) is 66.7 Å². The minimum atomic E-state index is -1.18. The third kappa shape index (κ3) is 8.44. The highest BCUT2D eigenvalue weighted by molar-refractivity contribution is 7.99. The molecule has 1 aliphatic heterocycles. The molecule has 4 rings (SSSR count). The predicted molar refractivity (Wildman–Crippen MR) is 159 cm³/mol. The molecule has 0 bridgehead atoms. The number of esters is 3. The summed E-state index contributed by atoms with van der Waals surface area (Å²) in [6, 6.07) is 25.5. The molecule has 3 aromatic carbocycles. The Morgan fingerprint density at radius 2 is 1.12 bits per heavy atom. The van der Waals surface area contributed by atoms with Gasteiger partial charge in [0.15, 0.2) is 18.3 Å². The van der Waals surface area contributed by atoms with E-state index in [4.69, 9.17) is 23.7 Å². The fraction of sp³-hybridized carbons (Fsp3) is 0.364. The van der Waals surface area contributed by atoms with E-state index in [0.29, 0.717) is 29.1 Å². The highest BCUT2D eigenvalue weighted by Gasteiger charge is 2.52. The smallest absolute Gasteiger partial charge is 0.338 e. The molecule has 0 aliphatic carbocycles. The number of hydrogen-bond donors (Lipinski definition) is 0. The molecule has 0 N–H and O–H groups in total. The van der Waals surface area contributed by atoms with Crippen LogP contribution in [0.25, 0.3) is 0 Å². The van der Waals surface area contributed by atoms with Gasteiger partial charge in [0.25, 0.3) is 0 Å². The highest BCUT2D eigenvalue weighted by Crippen LogP contribution is 2.35. The van der Waals surface area contributed by atoms with Crippen LogP contribution in [0.3, 0.4) is 0 Å². The third-order valence-corrected chi connectivity index (χ3v) is 7.65. The molecule has 0 spiro atoms. The molecule has 9 heteroatoms. The molecule has 1 fully saturated rings. The number of hydrogen-bond acceptors (Lipinski definition) is 9. The number of thioether (sulfide) groups is 1. The van der Waals surface area contributed by atoms with E-state index in [1.165, 1.54) is 11.8 Å². The molecule has 42 heavy (non-hydrogen) atoms. The van der Waals surface area contributed by atoms with Crippen molar-refractivity contribution >= 4 is 29.7 Å². The maximum absolute atomic E-state index is 13.4. The van der Waals surface area contributed by atoms with E-state index < -0.39 is 47.8 Å². The molecule has 8 nitrogen and oxygen atoms in total. The lowest BCUT2D eigenvalue weighted by Gasteiger charge is -2.44. The van der Waals surface area contributed by atoms with Gasteiger partial charge in [0, 0.05) is 6.61 Å². The van der Waals surface area contributed by atoms with Crippen LogP contribution in [0, 0.1) is 0 Å². The molecule has 0 radical (unpaired) electrons. The highest BCUT2D eigenvalue weighted by atomic mass is 32.2. The van der Waals surface area contributed by atoms with Gasteiger partial charge in [-0.15, -0.1) is 11.8 Å². The molecule has 0 amide bonds. The summed E-state index contributed by atoms with van der Waals surface area (Å²) in [5.74, 6) is -1.26. The Bertz CT molecular complexity index is 1270. The van der Waals surface area contributed by atoms with Crippen LogP contribution in [0.4, 0.5) is 0 Å². The van der Waals surface area contributed by atoms with Crippen molar-refractivity contribution < 1.29 is 38.1 Å². The Morgan fingerprint density at radius 1 is 0.667 bits per heavy atom. The molecule has 0 saturated carbocycles. The maximum Gasteiger partial charge on any atom is 0.338 e. The van der Waals surface area contributed by atoms with Crippen molar-refractivity contribution in [3.63, 3.8) is 0 Å². The van der Waals surface area contributed by atoms with Crippen molar-refractivity contribution in [3.8, 4) is 0 Å². The Labute approximate surface area is 250 Å². The van der Waals surface area contributed by atoms with Gasteiger partial charge < -0.3 is 23.7 Å². The average molecular weight is 593 g/mol. The van der Waals surface area contributed by atoms with Crippen LogP contribution in [0.15, 0.2) is 91.0 Å². The number of benzene rings is 3. The first-order valence-corrected chi connectivity index (χ1v) is 15.2. The van der Waals surface area contributed by atoms with Gasteiger partial charge in [0.1, 0.15) is 11.5 Å². The van der Waals surface area contributed by atoms with Crippen molar-refractivity contribution in [3.05, 3.63) is 108 Å². The molecule has 3 aromatic rings. The molecule has 222 valence electrons. The second-order valence-electron chi connectivity index (χ2n) is 9.63. The summed E-state index contributed by atoms with van der Waals surface area (Å²) in [5.41, 5.74) is 0.233. The summed E-state index contributed by atoms with van der Waals surface area (Å²) in [5, 5.41) is 0. The van der Waals surface area contributed by atoms with Gasteiger partial charge in [-0.3, -0.25) is 0 Å². The lowest BCUT2D eigenvalue weighted by molar-refractivity contribution is -0.210. The van der Waals surface area contributed by atoms with Gasteiger partial charge in [-0.1, -0.05) is 74.9 Å². The number of carbonyl (C=O) groups is 3. The molecular formula is C33H36O8S. The third-order valence-electron chi connectivity index (χ3n) is 6.60. The van der Waals surface area contributed by atoms with E-state index in [1.807, 2.05) is 6.92 Å². The SMILES string of the molecule is CCCCOCC1O[C@@H](SCC)[C@@H](OC(=O)c2ccccc2)C(OC(=O)c2ccccc2)[C@@H]1OC(=O)c1ccccc1. The van der Waals surface area contributed by atoms with Gasteiger partial charge in [-0.2, -0.15) is 0 Å². The van der Waals surface area contributed by atoms with Crippen molar-refractivity contribution in [1.29, 1.82) is 0 Å². The quantitative estimate of drug-likeness (QED) is 0.135.